The number of anilines is 1. The van der Waals surface area contributed by atoms with Gasteiger partial charge < -0.3 is 19.9 Å². The van der Waals surface area contributed by atoms with Gasteiger partial charge in [0, 0.05) is 6.07 Å². The van der Waals surface area contributed by atoms with E-state index >= 15 is 0 Å². The maximum absolute atomic E-state index is 11.8. The van der Waals surface area contributed by atoms with E-state index in [0.717, 1.165) is 26.0 Å². The van der Waals surface area contributed by atoms with E-state index in [2.05, 4.69) is 4.74 Å². The Labute approximate surface area is 132 Å². The summed E-state index contributed by atoms with van der Waals surface area (Å²) in [6.07, 6.45) is 1.60. The lowest BCUT2D eigenvalue weighted by Crippen LogP contribution is -2.18. The number of unbranched alkanes of at least 4 members (excludes halogenated alkanes) is 1. The zero-order valence-corrected chi connectivity index (χ0v) is 12.9. The molecule has 1 aromatic rings. The Morgan fingerprint density at radius 3 is 2.61 bits per heavy atom. The number of carbonyl (C=O) groups excluding carboxylic acids is 2. The minimum absolute atomic E-state index is 0.0904. The van der Waals surface area contributed by atoms with E-state index in [1.807, 2.05) is 6.92 Å². The molecule has 0 aliphatic heterocycles. The van der Waals surface area contributed by atoms with Crippen molar-refractivity contribution in [2.75, 3.05) is 26.1 Å². The average molecular weight is 326 g/mol. The van der Waals surface area contributed by atoms with Gasteiger partial charge >= 0.3 is 11.9 Å². The summed E-state index contributed by atoms with van der Waals surface area (Å²) in [4.78, 5) is 33.4. The summed E-state index contributed by atoms with van der Waals surface area (Å²) >= 11 is 0. The third-order valence-corrected chi connectivity index (χ3v) is 2.88. The zero-order valence-electron chi connectivity index (χ0n) is 12.9. The van der Waals surface area contributed by atoms with Crippen LogP contribution in [0, 0.1) is 10.1 Å². The van der Waals surface area contributed by atoms with Crippen LogP contribution in [0.1, 0.15) is 30.1 Å². The Balaban J connectivity index is 2.94. The quantitative estimate of drug-likeness (QED) is 0.251. The van der Waals surface area contributed by atoms with Crippen molar-refractivity contribution in [2.45, 2.75) is 19.8 Å². The molecule has 0 aromatic heterocycles. The molecular formula is C14H18N2O7. The highest BCUT2D eigenvalue weighted by atomic mass is 16.6. The Hall–Kier alpha value is -2.84. The van der Waals surface area contributed by atoms with Gasteiger partial charge in [0.2, 0.25) is 0 Å². The van der Waals surface area contributed by atoms with Crippen LogP contribution in [0.5, 0.6) is 5.75 Å². The van der Waals surface area contributed by atoms with Crippen molar-refractivity contribution >= 4 is 23.3 Å². The van der Waals surface area contributed by atoms with Crippen LogP contribution in [0.2, 0.25) is 0 Å². The average Bonchev–Trinajstić information content (AvgIpc) is 2.52. The van der Waals surface area contributed by atoms with Crippen LogP contribution < -0.4 is 10.5 Å². The van der Waals surface area contributed by atoms with Gasteiger partial charge in [0.05, 0.1) is 18.6 Å². The van der Waals surface area contributed by atoms with E-state index < -0.39 is 34.8 Å². The van der Waals surface area contributed by atoms with Crippen LogP contribution in [-0.4, -0.2) is 37.2 Å². The second-order valence-electron chi connectivity index (χ2n) is 4.48. The number of nitrogens with zero attached hydrogens (tertiary/aromatic N) is 1. The van der Waals surface area contributed by atoms with Gasteiger partial charge in [-0.1, -0.05) is 13.3 Å². The predicted molar refractivity (Wildman–Crippen MR) is 80.2 cm³/mol. The number of rotatable bonds is 8. The van der Waals surface area contributed by atoms with Gasteiger partial charge in [-0.2, -0.15) is 0 Å². The topological polar surface area (TPSA) is 131 Å². The molecule has 23 heavy (non-hydrogen) atoms. The lowest BCUT2D eigenvalue weighted by Gasteiger charge is -2.12. The number of nitro benzene ring substituents is 1. The first-order chi connectivity index (χ1) is 10.9. The first-order valence-corrected chi connectivity index (χ1v) is 6.85. The van der Waals surface area contributed by atoms with Crippen molar-refractivity contribution in [1.29, 1.82) is 0 Å². The maximum atomic E-state index is 11.8. The fourth-order valence-corrected chi connectivity index (χ4v) is 1.69. The summed E-state index contributed by atoms with van der Waals surface area (Å²) in [5.74, 6) is -1.61. The Bertz CT molecular complexity index is 601. The standard InChI is InChI=1S/C14H18N2O7/c1-3-4-7-22-11(17)8-23-10-6-5-9(16(19)20)13(15)12(10)14(18)21-2/h5-6H,3-4,7-8,15H2,1-2H3. The van der Waals surface area contributed by atoms with Crippen LogP contribution >= 0.6 is 0 Å². The summed E-state index contributed by atoms with van der Waals surface area (Å²) in [5, 5.41) is 10.9. The summed E-state index contributed by atoms with van der Waals surface area (Å²) in [6.45, 7) is 1.77. The zero-order chi connectivity index (χ0) is 17.4. The molecule has 0 saturated carbocycles. The first kappa shape index (κ1) is 18.2. The van der Waals surface area contributed by atoms with Gasteiger partial charge in [0.15, 0.2) is 6.61 Å². The largest absolute Gasteiger partial charge is 0.481 e. The van der Waals surface area contributed by atoms with E-state index in [4.69, 9.17) is 15.2 Å². The van der Waals surface area contributed by atoms with Crippen molar-refractivity contribution in [3.05, 3.63) is 27.8 Å². The molecule has 0 atom stereocenters. The van der Waals surface area contributed by atoms with E-state index in [-0.39, 0.29) is 17.9 Å². The molecule has 1 rings (SSSR count). The first-order valence-electron chi connectivity index (χ1n) is 6.85. The second-order valence-corrected chi connectivity index (χ2v) is 4.48. The molecule has 0 aliphatic rings. The molecule has 0 saturated heterocycles. The molecule has 0 amide bonds. The minimum Gasteiger partial charge on any atom is -0.481 e. The van der Waals surface area contributed by atoms with E-state index in [1.54, 1.807) is 0 Å². The van der Waals surface area contributed by atoms with Crippen molar-refractivity contribution in [1.82, 2.24) is 0 Å². The number of methoxy groups -OCH3 is 1. The van der Waals surface area contributed by atoms with Crippen LogP contribution in [-0.2, 0) is 14.3 Å². The van der Waals surface area contributed by atoms with Gasteiger partial charge in [0.25, 0.3) is 5.69 Å². The molecule has 1 aromatic carbocycles. The van der Waals surface area contributed by atoms with Crippen LogP contribution in [0.3, 0.4) is 0 Å². The fourth-order valence-electron chi connectivity index (χ4n) is 1.69. The number of nitrogen functional groups attached to an aromatic ring is 1. The Morgan fingerprint density at radius 2 is 2.04 bits per heavy atom. The van der Waals surface area contributed by atoms with Crippen molar-refractivity contribution in [3.8, 4) is 5.75 Å². The second kappa shape index (κ2) is 8.57. The molecular weight excluding hydrogens is 308 g/mol. The lowest BCUT2D eigenvalue weighted by atomic mass is 10.1. The van der Waals surface area contributed by atoms with Gasteiger partial charge in [0.1, 0.15) is 17.0 Å². The minimum atomic E-state index is -0.902. The number of nitro groups is 1. The fraction of sp³-hybridized carbons (Fsp3) is 0.429. The van der Waals surface area contributed by atoms with Crippen LogP contribution in [0.4, 0.5) is 11.4 Å². The number of ether oxygens (including phenoxy) is 3. The molecule has 0 aliphatic carbocycles. The number of hydrogen-bond acceptors (Lipinski definition) is 8. The van der Waals surface area contributed by atoms with Gasteiger partial charge in [-0.15, -0.1) is 0 Å². The third kappa shape index (κ3) is 4.83. The van der Waals surface area contributed by atoms with Crippen molar-refractivity contribution < 1.29 is 28.7 Å². The molecule has 0 fully saturated rings. The highest BCUT2D eigenvalue weighted by Gasteiger charge is 2.25. The van der Waals surface area contributed by atoms with Crippen molar-refractivity contribution in [3.63, 3.8) is 0 Å². The SMILES string of the molecule is CCCCOC(=O)COc1ccc([N+](=O)[O-])c(N)c1C(=O)OC. The van der Waals surface area contributed by atoms with E-state index in [0.29, 0.717) is 0 Å². The third-order valence-electron chi connectivity index (χ3n) is 2.88. The van der Waals surface area contributed by atoms with Crippen LogP contribution in [0.15, 0.2) is 12.1 Å². The summed E-state index contributed by atoms with van der Waals surface area (Å²) < 4.78 is 14.6. The highest BCUT2D eigenvalue weighted by Crippen LogP contribution is 2.33. The van der Waals surface area contributed by atoms with E-state index in [1.165, 1.54) is 6.07 Å². The number of benzene rings is 1. The maximum Gasteiger partial charge on any atom is 0.344 e. The lowest BCUT2D eigenvalue weighted by molar-refractivity contribution is -0.383. The van der Waals surface area contributed by atoms with E-state index in [9.17, 15) is 19.7 Å². The number of nitrogens with two attached hydrogens (primary N) is 1. The number of carbonyl (C=O) groups is 2. The summed E-state index contributed by atoms with van der Waals surface area (Å²) in [5.41, 5.74) is 4.48. The smallest absolute Gasteiger partial charge is 0.344 e. The molecule has 9 heteroatoms. The Kier molecular flexibility index (Phi) is 6.78. The molecule has 126 valence electrons. The Morgan fingerprint density at radius 1 is 1.35 bits per heavy atom. The molecule has 0 unspecified atom stereocenters. The number of hydrogen-bond donors (Lipinski definition) is 1. The number of esters is 2. The van der Waals surface area contributed by atoms with Gasteiger partial charge in [-0.25, -0.2) is 9.59 Å². The van der Waals surface area contributed by atoms with Gasteiger partial charge in [-0.05, 0) is 12.5 Å². The molecule has 0 heterocycles. The molecule has 0 radical (unpaired) electrons. The van der Waals surface area contributed by atoms with Crippen molar-refractivity contribution in [2.24, 2.45) is 0 Å². The van der Waals surface area contributed by atoms with Gasteiger partial charge in [-0.3, -0.25) is 10.1 Å². The molecule has 0 spiro atoms. The highest BCUT2D eigenvalue weighted by molar-refractivity contribution is 6.00. The summed E-state index contributed by atoms with van der Waals surface area (Å²) in [6, 6.07) is 2.26. The predicted octanol–water partition coefficient (Wildman–Crippen LogP) is 1.69. The molecule has 2 N–H and O–H groups in total. The summed E-state index contributed by atoms with van der Waals surface area (Å²) in [7, 11) is 1.10. The molecule has 9 nitrogen and oxygen atoms in total. The normalized spacial score (nSPS) is 10.0. The monoisotopic (exact) mass is 326 g/mol. The van der Waals surface area contributed by atoms with Crippen LogP contribution in [0.25, 0.3) is 0 Å². The molecule has 0 bridgehead atoms.